The highest BCUT2D eigenvalue weighted by Crippen LogP contribution is 2.39. The Bertz CT molecular complexity index is 587. The van der Waals surface area contributed by atoms with Crippen molar-refractivity contribution in [3.8, 4) is 11.3 Å². The fourth-order valence-electron chi connectivity index (χ4n) is 2.50. The minimum Gasteiger partial charge on any atom is -0.340 e. The van der Waals surface area contributed by atoms with E-state index in [0.29, 0.717) is 5.92 Å². The molecule has 3 rings (SSSR count). The first-order valence-corrected chi connectivity index (χ1v) is 7.21. The summed E-state index contributed by atoms with van der Waals surface area (Å²) >= 11 is 0. The predicted molar refractivity (Wildman–Crippen MR) is 77.4 cm³/mol. The molecule has 1 aromatic heterocycles. The average molecular weight is 274 g/mol. The molecular weight excluding hydrogens is 255 g/mol. The van der Waals surface area contributed by atoms with Gasteiger partial charge in [0.25, 0.3) is 0 Å². The third-order valence-corrected chi connectivity index (χ3v) is 4.08. The second-order valence-electron chi connectivity index (χ2n) is 5.41. The number of hydrogen-bond acceptors (Lipinski definition) is 3. The van der Waals surface area contributed by atoms with Crippen molar-refractivity contribution in [2.75, 3.05) is 18.0 Å². The summed E-state index contributed by atoms with van der Waals surface area (Å²) in [6, 6.07) is 6.46. The Morgan fingerprint density at radius 3 is 2.55 bits per heavy atom. The van der Waals surface area contributed by atoms with E-state index >= 15 is 0 Å². The zero-order chi connectivity index (χ0) is 14.1. The number of rotatable bonds is 4. The van der Waals surface area contributed by atoms with Crippen LogP contribution in [0.25, 0.3) is 11.3 Å². The fraction of sp³-hybridized carbons (Fsp3) is 0.438. The molecule has 1 aliphatic rings. The molecule has 1 unspecified atom stereocenters. The maximum Gasteiger partial charge on any atom is 0.231 e. The van der Waals surface area contributed by atoms with E-state index in [1.165, 1.54) is 18.6 Å². The first-order chi connectivity index (χ1) is 9.70. The number of hydrogen-bond donors (Lipinski definition) is 0. The molecule has 2 aromatic rings. The van der Waals surface area contributed by atoms with E-state index in [4.69, 9.17) is 4.52 Å². The van der Waals surface area contributed by atoms with Gasteiger partial charge < -0.3 is 9.42 Å². The van der Waals surface area contributed by atoms with Crippen LogP contribution in [0, 0.1) is 5.82 Å². The van der Waals surface area contributed by atoms with Gasteiger partial charge in [-0.3, -0.25) is 0 Å². The van der Waals surface area contributed by atoms with Crippen molar-refractivity contribution >= 4 is 5.88 Å². The van der Waals surface area contributed by atoms with Crippen molar-refractivity contribution in [2.45, 2.75) is 32.6 Å². The second-order valence-corrected chi connectivity index (χ2v) is 5.41. The van der Waals surface area contributed by atoms with Gasteiger partial charge in [0.1, 0.15) is 11.5 Å². The van der Waals surface area contributed by atoms with Crippen molar-refractivity contribution in [3.63, 3.8) is 0 Å². The van der Waals surface area contributed by atoms with Crippen molar-refractivity contribution in [1.29, 1.82) is 0 Å². The lowest BCUT2D eigenvalue weighted by atomic mass is 9.94. The Kier molecular flexibility index (Phi) is 3.47. The monoisotopic (exact) mass is 274 g/mol. The lowest BCUT2D eigenvalue weighted by Gasteiger charge is -2.31. The van der Waals surface area contributed by atoms with Crippen molar-refractivity contribution in [1.82, 2.24) is 5.16 Å². The zero-order valence-corrected chi connectivity index (χ0v) is 11.9. The molecule has 0 saturated carbocycles. The molecule has 1 aromatic carbocycles. The predicted octanol–water partition coefficient (Wildman–Crippen LogP) is 4.20. The van der Waals surface area contributed by atoms with E-state index in [0.717, 1.165) is 42.2 Å². The first-order valence-electron chi connectivity index (χ1n) is 7.21. The maximum atomic E-state index is 13.1. The number of anilines is 1. The van der Waals surface area contributed by atoms with Gasteiger partial charge >= 0.3 is 0 Å². The highest BCUT2D eigenvalue weighted by molar-refractivity contribution is 5.69. The van der Waals surface area contributed by atoms with Crippen LogP contribution in [0.3, 0.4) is 0 Å². The van der Waals surface area contributed by atoms with Crippen LogP contribution < -0.4 is 4.90 Å². The Labute approximate surface area is 118 Å². The van der Waals surface area contributed by atoms with E-state index in [1.54, 1.807) is 12.1 Å². The molecule has 1 atom stereocenters. The summed E-state index contributed by atoms with van der Waals surface area (Å²) in [6.45, 7) is 6.40. The van der Waals surface area contributed by atoms with Crippen LogP contribution in [0.2, 0.25) is 0 Å². The quantitative estimate of drug-likeness (QED) is 0.836. The maximum absolute atomic E-state index is 13.1. The molecule has 0 N–H and O–H groups in total. The molecule has 1 saturated heterocycles. The average Bonchev–Trinajstić information content (AvgIpc) is 2.81. The van der Waals surface area contributed by atoms with E-state index in [2.05, 4.69) is 23.9 Å². The Morgan fingerprint density at radius 2 is 2.00 bits per heavy atom. The van der Waals surface area contributed by atoms with E-state index in [1.807, 2.05) is 0 Å². The molecule has 2 heterocycles. The largest absolute Gasteiger partial charge is 0.340 e. The normalized spacial score (nSPS) is 16.1. The third-order valence-electron chi connectivity index (χ3n) is 4.08. The topological polar surface area (TPSA) is 29.3 Å². The molecule has 3 nitrogen and oxygen atoms in total. The van der Waals surface area contributed by atoms with Crippen LogP contribution in [0.5, 0.6) is 0 Å². The third kappa shape index (κ3) is 2.19. The van der Waals surface area contributed by atoms with Gasteiger partial charge in [0.2, 0.25) is 5.88 Å². The lowest BCUT2D eigenvalue weighted by molar-refractivity contribution is 0.400. The van der Waals surface area contributed by atoms with Crippen LogP contribution in [-0.4, -0.2) is 18.2 Å². The summed E-state index contributed by atoms with van der Waals surface area (Å²) in [7, 11) is 0. The van der Waals surface area contributed by atoms with Crippen LogP contribution in [-0.2, 0) is 0 Å². The lowest BCUT2D eigenvalue weighted by Crippen LogP contribution is -2.37. The summed E-state index contributed by atoms with van der Waals surface area (Å²) < 4.78 is 18.7. The van der Waals surface area contributed by atoms with Crippen LogP contribution in [0.15, 0.2) is 28.8 Å². The number of nitrogens with zero attached hydrogens (tertiary/aromatic N) is 2. The number of benzene rings is 1. The fourth-order valence-corrected chi connectivity index (χ4v) is 2.50. The van der Waals surface area contributed by atoms with E-state index < -0.39 is 0 Å². The standard InChI is InChI=1S/C16H19FN2O/c1-3-11(2)14-15(12-5-7-13(17)8-6-12)18-20-16(14)19-9-4-10-19/h5-8,11H,3-4,9-10H2,1-2H3. The van der Waals surface area contributed by atoms with Gasteiger partial charge in [-0.1, -0.05) is 19.0 Å². The summed E-state index contributed by atoms with van der Waals surface area (Å²) in [5.41, 5.74) is 2.91. The SMILES string of the molecule is CCC(C)c1c(-c2ccc(F)cc2)noc1N1CCC1. The van der Waals surface area contributed by atoms with Gasteiger partial charge in [-0.15, -0.1) is 0 Å². The van der Waals surface area contributed by atoms with Crippen molar-refractivity contribution < 1.29 is 8.91 Å². The zero-order valence-electron chi connectivity index (χ0n) is 11.9. The molecule has 4 heteroatoms. The van der Waals surface area contributed by atoms with Gasteiger partial charge in [-0.25, -0.2) is 4.39 Å². The number of halogens is 1. The molecule has 0 radical (unpaired) electrons. The summed E-state index contributed by atoms with van der Waals surface area (Å²) in [6.07, 6.45) is 2.22. The van der Waals surface area contributed by atoms with E-state index in [9.17, 15) is 4.39 Å². The molecule has 0 aliphatic carbocycles. The van der Waals surface area contributed by atoms with E-state index in [-0.39, 0.29) is 5.82 Å². The Hall–Kier alpha value is -1.84. The minimum absolute atomic E-state index is 0.231. The van der Waals surface area contributed by atoms with Gasteiger partial charge in [0, 0.05) is 24.2 Å². The molecule has 0 amide bonds. The molecule has 1 fully saturated rings. The van der Waals surface area contributed by atoms with Crippen LogP contribution in [0.4, 0.5) is 10.3 Å². The summed E-state index contributed by atoms with van der Waals surface area (Å²) in [5.74, 6) is 1.03. The summed E-state index contributed by atoms with van der Waals surface area (Å²) in [5, 5.41) is 4.25. The molecule has 0 spiro atoms. The first kappa shape index (κ1) is 13.2. The molecular formula is C16H19FN2O. The highest BCUT2D eigenvalue weighted by Gasteiger charge is 2.28. The molecule has 106 valence electrons. The molecule has 20 heavy (non-hydrogen) atoms. The highest BCUT2D eigenvalue weighted by atomic mass is 19.1. The van der Waals surface area contributed by atoms with Crippen LogP contribution >= 0.6 is 0 Å². The minimum atomic E-state index is -0.231. The smallest absolute Gasteiger partial charge is 0.231 e. The molecule has 0 bridgehead atoms. The number of aromatic nitrogens is 1. The van der Waals surface area contributed by atoms with Crippen molar-refractivity contribution in [2.24, 2.45) is 0 Å². The summed E-state index contributed by atoms with van der Waals surface area (Å²) in [4.78, 5) is 2.22. The van der Waals surface area contributed by atoms with Crippen LogP contribution in [0.1, 0.15) is 38.2 Å². The Morgan fingerprint density at radius 1 is 1.30 bits per heavy atom. The second kappa shape index (κ2) is 5.27. The van der Waals surface area contributed by atoms with Gasteiger partial charge in [0.15, 0.2) is 0 Å². The van der Waals surface area contributed by atoms with Gasteiger partial charge in [0.05, 0.1) is 0 Å². The van der Waals surface area contributed by atoms with Crippen molar-refractivity contribution in [3.05, 3.63) is 35.6 Å². The van der Waals surface area contributed by atoms with Gasteiger partial charge in [-0.05, 0) is 43.0 Å². The van der Waals surface area contributed by atoms with Gasteiger partial charge in [-0.2, -0.15) is 0 Å². The Balaban J connectivity index is 2.05. The molecule has 1 aliphatic heterocycles.